The van der Waals surface area contributed by atoms with Crippen LogP contribution in [0.1, 0.15) is 33.1 Å². The van der Waals surface area contributed by atoms with Crippen molar-refractivity contribution in [2.75, 3.05) is 20.1 Å². The van der Waals surface area contributed by atoms with Crippen LogP contribution in [0.5, 0.6) is 0 Å². The third kappa shape index (κ3) is 2.11. The van der Waals surface area contributed by atoms with E-state index in [9.17, 15) is 14.7 Å². The van der Waals surface area contributed by atoms with E-state index in [0.717, 1.165) is 25.8 Å². The van der Waals surface area contributed by atoms with Gasteiger partial charge in [-0.1, -0.05) is 13.8 Å². The van der Waals surface area contributed by atoms with Gasteiger partial charge in [0.05, 0.1) is 6.04 Å². The summed E-state index contributed by atoms with van der Waals surface area (Å²) in [4.78, 5) is 27.2. The molecule has 0 aromatic rings. The second kappa shape index (κ2) is 4.53. The number of carboxylic acids is 1. The van der Waals surface area contributed by atoms with Gasteiger partial charge in [-0.25, -0.2) is 0 Å². The fraction of sp³-hybridized carbons (Fsp3) is 0.846. The molecule has 0 spiro atoms. The number of amides is 1. The van der Waals surface area contributed by atoms with Gasteiger partial charge in [0.15, 0.2) is 0 Å². The predicted molar refractivity (Wildman–Crippen MR) is 67.2 cm³/mol. The molecule has 1 N–H and O–H groups in total. The molecule has 5 heteroatoms. The van der Waals surface area contributed by atoms with Crippen molar-refractivity contribution in [3.05, 3.63) is 0 Å². The topological polar surface area (TPSA) is 60.9 Å². The van der Waals surface area contributed by atoms with Crippen molar-refractivity contribution in [1.82, 2.24) is 9.80 Å². The predicted octanol–water partition coefficient (Wildman–Crippen LogP) is 0.792. The van der Waals surface area contributed by atoms with Crippen molar-refractivity contribution in [2.24, 2.45) is 5.41 Å². The number of rotatable bonds is 2. The Hall–Kier alpha value is -1.10. The molecule has 0 saturated carbocycles. The molecule has 2 fully saturated rings. The second-order valence-corrected chi connectivity index (χ2v) is 6.14. The Morgan fingerprint density at radius 1 is 1.39 bits per heavy atom. The minimum absolute atomic E-state index is 0.0685. The van der Waals surface area contributed by atoms with Crippen molar-refractivity contribution < 1.29 is 14.7 Å². The monoisotopic (exact) mass is 254 g/mol. The first-order valence-corrected chi connectivity index (χ1v) is 6.58. The van der Waals surface area contributed by atoms with Gasteiger partial charge in [-0.05, 0) is 31.2 Å². The van der Waals surface area contributed by atoms with E-state index in [4.69, 9.17) is 0 Å². The first-order chi connectivity index (χ1) is 8.34. The number of likely N-dealkylation sites (N-methyl/N-ethyl adjacent to an activating group) is 1. The van der Waals surface area contributed by atoms with Gasteiger partial charge in [0.1, 0.15) is 6.04 Å². The van der Waals surface area contributed by atoms with E-state index in [0.29, 0.717) is 6.54 Å². The highest BCUT2D eigenvalue weighted by atomic mass is 16.4. The number of piperidine rings is 1. The quantitative estimate of drug-likeness (QED) is 0.791. The van der Waals surface area contributed by atoms with E-state index in [1.165, 1.54) is 0 Å². The van der Waals surface area contributed by atoms with Crippen LogP contribution in [-0.4, -0.2) is 59.0 Å². The summed E-state index contributed by atoms with van der Waals surface area (Å²) in [5.41, 5.74) is -0.272. The van der Waals surface area contributed by atoms with Crippen molar-refractivity contribution in [1.29, 1.82) is 0 Å². The van der Waals surface area contributed by atoms with Gasteiger partial charge in [-0.2, -0.15) is 0 Å². The third-order valence-corrected chi connectivity index (χ3v) is 4.34. The number of hydrogen-bond donors (Lipinski definition) is 1. The lowest BCUT2D eigenvalue weighted by molar-refractivity contribution is -0.154. The third-order valence-electron chi connectivity index (χ3n) is 4.34. The van der Waals surface area contributed by atoms with Crippen LogP contribution in [0.15, 0.2) is 0 Å². The maximum atomic E-state index is 12.1. The number of carbonyl (C=O) groups is 2. The summed E-state index contributed by atoms with van der Waals surface area (Å²) in [7, 11) is 1.78. The van der Waals surface area contributed by atoms with Crippen LogP contribution in [0.2, 0.25) is 0 Å². The first kappa shape index (κ1) is 13.3. The van der Waals surface area contributed by atoms with Crippen LogP contribution in [-0.2, 0) is 9.59 Å². The molecule has 1 amide bonds. The van der Waals surface area contributed by atoms with Gasteiger partial charge in [0, 0.05) is 13.6 Å². The van der Waals surface area contributed by atoms with Gasteiger partial charge in [-0.3, -0.25) is 14.5 Å². The van der Waals surface area contributed by atoms with Crippen LogP contribution >= 0.6 is 0 Å². The zero-order valence-corrected chi connectivity index (χ0v) is 11.3. The van der Waals surface area contributed by atoms with Gasteiger partial charge in [0.25, 0.3) is 0 Å². The number of hydrogen-bond acceptors (Lipinski definition) is 3. The number of nitrogens with zero attached hydrogens (tertiary/aromatic N) is 2. The molecule has 2 rings (SSSR count). The van der Waals surface area contributed by atoms with Crippen LogP contribution < -0.4 is 0 Å². The summed E-state index contributed by atoms with van der Waals surface area (Å²) in [6, 6.07) is -0.789. The summed E-state index contributed by atoms with van der Waals surface area (Å²) in [5.74, 6) is -0.735. The fourth-order valence-electron chi connectivity index (χ4n) is 3.36. The number of aliphatic carboxylic acids is 1. The number of carboxylic acid groups (broad SMARTS) is 1. The highest BCUT2D eigenvalue weighted by Crippen LogP contribution is 2.37. The summed E-state index contributed by atoms with van der Waals surface area (Å²) in [6.07, 6.45) is 2.61. The van der Waals surface area contributed by atoms with Crippen LogP contribution in [0.25, 0.3) is 0 Å². The molecule has 0 aromatic carbocycles. The SMILES string of the molecule is CN1CCC(N2CCCC(C)(C)C2C(=O)O)C1=O. The highest BCUT2D eigenvalue weighted by Gasteiger charge is 2.48. The zero-order valence-electron chi connectivity index (χ0n) is 11.3. The summed E-state index contributed by atoms with van der Waals surface area (Å²) < 4.78 is 0. The molecule has 102 valence electrons. The van der Waals surface area contributed by atoms with Crippen LogP contribution in [0.4, 0.5) is 0 Å². The van der Waals surface area contributed by atoms with E-state index in [2.05, 4.69) is 0 Å². The Bertz CT molecular complexity index is 367. The lowest BCUT2D eigenvalue weighted by Crippen LogP contribution is -2.59. The molecule has 0 radical (unpaired) electrons. The van der Waals surface area contributed by atoms with E-state index in [-0.39, 0.29) is 17.4 Å². The fourth-order valence-corrected chi connectivity index (χ4v) is 3.36. The summed E-state index contributed by atoms with van der Waals surface area (Å²) >= 11 is 0. The normalized spacial score (nSPS) is 32.8. The molecule has 2 aliphatic rings. The first-order valence-electron chi connectivity index (χ1n) is 6.58. The average Bonchev–Trinajstić information content (AvgIpc) is 2.57. The van der Waals surface area contributed by atoms with Gasteiger partial charge >= 0.3 is 5.97 Å². The molecule has 0 bridgehead atoms. The van der Waals surface area contributed by atoms with Crippen molar-refractivity contribution >= 4 is 11.9 Å². The average molecular weight is 254 g/mol. The van der Waals surface area contributed by atoms with Crippen molar-refractivity contribution in [3.63, 3.8) is 0 Å². The summed E-state index contributed by atoms with van der Waals surface area (Å²) in [5, 5.41) is 9.49. The molecule has 2 saturated heterocycles. The smallest absolute Gasteiger partial charge is 0.321 e. The van der Waals surface area contributed by atoms with Crippen molar-refractivity contribution in [3.8, 4) is 0 Å². The maximum Gasteiger partial charge on any atom is 0.321 e. The van der Waals surface area contributed by atoms with E-state index < -0.39 is 12.0 Å². The molecule has 0 aromatic heterocycles. The van der Waals surface area contributed by atoms with E-state index >= 15 is 0 Å². The number of carbonyl (C=O) groups excluding carboxylic acids is 1. The lowest BCUT2D eigenvalue weighted by atomic mass is 9.75. The molecular weight excluding hydrogens is 232 g/mol. The minimum atomic E-state index is -0.804. The number of likely N-dealkylation sites (tertiary alicyclic amines) is 2. The Kier molecular flexibility index (Phi) is 3.36. The molecule has 2 aliphatic heterocycles. The molecule has 2 unspecified atom stereocenters. The molecule has 18 heavy (non-hydrogen) atoms. The van der Waals surface area contributed by atoms with Crippen LogP contribution in [0, 0.1) is 5.41 Å². The molecule has 2 heterocycles. The largest absolute Gasteiger partial charge is 0.480 e. The Labute approximate surface area is 108 Å². The van der Waals surface area contributed by atoms with E-state index in [1.807, 2.05) is 18.7 Å². The molecule has 2 atom stereocenters. The van der Waals surface area contributed by atoms with Gasteiger partial charge in [-0.15, -0.1) is 0 Å². The Morgan fingerprint density at radius 2 is 2.06 bits per heavy atom. The Morgan fingerprint density at radius 3 is 2.56 bits per heavy atom. The standard InChI is InChI=1S/C13H22N2O3/c1-13(2)6-4-7-15(10(13)12(17)18)9-5-8-14(3)11(9)16/h9-10H,4-8H2,1-3H3,(H,17,18). The van der Waals surface area contributed by atoms with Gasteiger partial charge < -0.3 is 10.0 Å². The molecule has 0 aliphatic carbocycles. The minimum Gasteiger partial charge on any atom is -0.480 e. The van der Waals surface area contributed by atoms with E-state index in [1.54, 1.807) is 11.9 Å². The van der Waals surface area contributed by atoms with Crippen molar-refractivity contribution in [2.45, 2.75) is 45.2 Å². The molecule has 5 nitrogen and oxygen atoms in total. The maximum absolute atomic E-state index is 12.1. The highest BCUT2D eigenvalue weighted by molar-refractivity contribution is 5.85. The second-order valence-electron chi connectivity index (χ2n) is 6.14. The summed E-state index contributed by atoms with van der Waals surface area (Å²) in [6.45, 7) is 5.42. The lowest BCUT2D eigenvalue weighted by Gasteiger charge is -2.46. The van der Waals surface area contributed by atoms with Crippen LogP contribution in [0.3, 0.4) is 0 Å². The zero-order chi connectivity index (χ0) is 13.5. The Balaban J connectivity index is 2.25. The van der Waals surface area contributed by atoms with Gasteiger partial charge in [0.2, 0.25) is 5.91 Å². The molecular formula is C13H22N2O3.